The molecule has 1 rings (SSSR count). The largest absolute Gasteiger partial charge is 0.489 e. The Balaban J connectivity index is 3.03. The van der Waals surface area contributed by atoms with Crippen LogP contribution < -0.4 is 10.1 Å². The van der Waals surface area contributed by atoms with E-state index >= 15 is 0 Å². The maximum absolute atomic E-state index is 11.9. The van der Waals surface area contributed by atoms with Crippen LogP contribution >= 0.6 is 31.9 Å². The summed E-state index contributed by atoms with van der Waals surface area (Å²) in [6, 6.07) is 4.01. The van der Waals surface area contributed by atoms with Crippen molar-refractivity contribution in [3.63, 3.8) is 0 Å². The van der Waals surface area contributed by atoms with E-state index in [1.807, 2.05) is 0 Å². The predicted octanol–water partition coefficient (Wildman–Crippen LogP) is 2.15. The van der Waals surface area contributed by atoms with Crippen molar-refractivity contribution in [2.24, 2.45) is 0 Å². The molecule has 2 atom stereocenters. The van der Waals surface area contributed by atoms with Crippen molar-refractivity contribution in [3.05, 3.63) is 28.3 Å². The number of nitrogens with one attached hydrogen (secondary N) is 1. The molecule has 0 aromatic heterocycles. The average molecular weight is 426 g/mol. The van der Waals surface area contributed by atoms with E-state index in [2.05, 4.69) is 37.2 Å². The third-order valence-corrected chi connectivity index (χ3v) is 4.97. The Morgan fingerprint density at radius 2 is 2.00 bits per heavy atom. The van der Waals surface area contributed by atoms with Gasteiger partial charge < -0.3 is 15.2 Å². The maximum Gasteiger partial charge on any atom is 0.318 e. The number of carbonyl (C=O) groups excluding carboxylic acids is 1. The molecule has 114 valence electrons. The monoisotopic (exact) mass is 424 g/mol. The van der Waals surface area contributed by atoms with Gasteiger partial charge in [0, 0.05) is 6.07 Å². The molecule has 2 N–H and O–H groups in total. The summed E-state index contributed by atoms with van der Waals surface area (Å²) in [5.74, 6) is -2.02. The zero-order valence-corrected chi connectivity index (χ0v) is 13.8. The van der Waals surface area contributed by atoms with Gasteiger partial charge in [-0.2, -0.15) is 0 Å². The van der Waals surface area contributed by atoms with Crippen molar-refractivity contribution in [2.45, 2.75) is 9.65 Å². The second-order valence-electron chi connectivity index (χ2n) is 3.75. The lowest BCUT2D eigenvalue weighted by molar-refractivity contribution is -0.385. The molecule has 1 aromatic carbocycles. The molecule has 0 saturated carbocycles. The molecule has 0 aliphatic carbocycles. The van der Waals surface area contributed by atoms with Crippen molar-refractivity contribution in [2.75, 3.05) is 12.4 Å². The summed E-state index contributed by atoms with van der Waals surface area (Å²) in [6.45, 7) is 0. The highest BCUT2D eigenvalue weighted by Crippen LogP contribution is 2.34. The molecule has 1 aromatic rings. The SMILES string of the molecule is COc1c(NC(=O)[C@H](Br)[C@@H](Br)C(=O)O)cccc1[N+](=O)[O-]. The Labute approximate surface area is 135 Å². The van der Waals surface area contributed by atoms with Gasteiger partial charge in [0.15, 0.2) is 0 Å². The van der Waals surface area contributed by atoms with Crippen molar-refractivity contribution >= 4 is 55.1 Å². The zero-order chi connectivity index (χ0) is 16.2. The first kappa shape index (κ1) is 17.4. The van der Waals surface area contributed by atoms with Gasteiger partial charge in [-0.05, 0) is 6.07 Å². The summed E-state index contributed by atoms with van der Waals surface area (Å²) in [5, 5.41) is 22.1. The first-order chi connectivity index (χ1) is 9.79. The Bertz CT molecular complexity index is 580. The van der Waals surface area contributed by atoms with Gasteiger partial charge in [0.25, 0.3) is 0 Å². The van der Waals surface area contributed by atoms with Crippen LogP contribution in [0.1, 0.15) is 0 Å². The number of nitrogens with zero attached hydrogens (tertiary/aromatic N) is 1. The number of alkyl halides is 2. The summed E-state index contributed by atoms with van der Waals surface area (Å²) >= 11 is 5.79. The van der Waals surface area contributed by atoms with Gasteiger partial charge in [-0.1, -0.05) is 37.9 Å². The van der Waals surface area contributed by atoms with E-state index in [1.165, 1.54) is 25.3 Å². The number of nitro benzene ring substituents is 1. The molecular weight excluding hydrogens is 416 g/mol. The molecular formula is C11H10Br2N2O6. The Hall–Kier alpha value is -1.68. The highest BCUT2D eigenvalue weighted by atomic mass is 79.9. The van der Waals surface area contributed by atoms with E-state index in [-0.39, 0.29) is 17.1 Å². The zero-order valence-electron chi connectivity index (χ0n) is 10.6. The van der Waals surface area contributed by atoms with Gasteiger partial charge in [-0.15, -0.1) is 0 Å². The van der Waals surface area contributed by atoms with Crippen LogP contribution in [0.3, 0.4) is 0 Å². The molecule has 0 aliphatic rings. The van der Waals surface area contributed by atoms with Crippen LogP contribution in [0.5, 0.6) is 5.75 Å². The lowest BCUT2D eigenvalue weighted by Gasteiger charge is -2.15. The second-order valence-corrected chi connectivity index (χ2v) is 5.72. The van der Waals surface area contributed by atoms with E-state index in [0.29, 0.717) is 0 Å². The molecule has 0 heterocycles. The molecule has 0 radical (unpaired) electrons. The van der Waals surface area contributed by atoms with Gasteiger partial charge >= 0.3 is 11.7 Å². The normalized spacial score (nSPS) is 13.1. The van der Waals surface area contributed by atoms with Gasteiger partial charge in [0.2, 0.25) is 11.7 Å². The number of anilines is 1. The quantitative estimate of drug-likeness (QED) is 0.409. The second kappa shape index (κ2) is 7.36. The number of halogens is 2. The summed E-state index contributed by atoms with van der Waals surface area (Å²) in [5.41, 5.74) is -0.235. The lowest BCUT2D eigenvalue weighted by atomic mass is 10.2. The molecule has 0 unspecified atom stereocenters. The molecule has 10 heteroatoms. The molecule has 8 nitrogen and oxygen atoms in total. The molecule has 0 bridgehead atoms. The number of benzene rings is 1. The van der Waals surface area contributed by atoms with Gasteiger partial charge in [0.05, 0.1) is 17.7 Å². The van der Waals surface area contributed by atoms with E-state index in [0.717, 1.165) is 0 Å². The molecule has 0 fully saturated rings. The molecule has 0 aliphatic heterocycles. The Kier molecular flexibility index (Phi) is 6.09. The van der Waals surface area contributed by atoms with Crippen LogP contribution in [0.4, 0.5) is 11.4 Å². The summed E-state index contributed by atoms with van der Waals surface area (Å²) in [4.78, 5) is 30.7. The summed E-state index contributed by atoms with van der Waals surface area (Å²) < 4.78 is 4.93. The van der Waals surface area contributed by atoms with Crippen LogP contribution in [0, 0.1) is 10.1 Å². The van der Waals surface area contributed by atoms with Crippen molar-refractivity contribution in [3.8, 4) is 5.75 Å². The Morgan fingerprint density at radius 1 is 1.38 bits per heavy atom. The summed E-state index contributed by atoms with van der Waals surface area (Å²) in [7, 11) is 1.23. The number of hydrogen-bond donors (Lipinski definition) is 2. The maximum atomic E-state index is 11.9. The number of carboxylic acids is 1. The third-order valence-electron chi connectivity index (χ3n) is 2.40. The first-order valence-corrected chi connectivity index (χ1v) is 7.26. The number of carboxylic acid groups (broad SMARTS) is 1. The van der Waals surface area contributed by atoms with Crippen molar-refractivity contribution in [1.82, 2.24) is 0 Å². The number of methoxy groups -OCH3 is 1. The number of para-hydroxylation sites is 1. The van der Waals surface area contributed by atoms with Crippen molar-refractivity contribution < 1.29 is 24.4 Å². The number of amides is 1. The third kappa shape index (κ3) is 4.14. The number of nitro groups is 1. The van der Waals surface area contributed by atoms with E-state index in [9.17, 15) is 19.7 Å². The number of aliphatic carboxylic acids is 1. The predicted molar refractivity (Wildman–Crippen MR) is 81.3 cm³/mol. The van der Waals surface area contributed by atoms with Crippen LogP contribution in [0.25, 0.3) is 0 Å². The summed E-state index contributed by atoms with van der Waals surface area (Å²) in [6.07, 6.45) is 0. The van der Waals surface area contributed by atoms with E-state index in [1.54, 1.807) is 0 Å². The fourth-order valence-electron chi connectivity index (χ4n) is 1.44. The van der Waals surface area contributed by atoms with Gasteiger partial charge in [-0.3, -0.25) is 19.7 Å². The lowest BCUT2D eigenvalue weighted by Crippen LogP contribution is -2.34. The Morgan fingerprint density at radius 3 is 2.48 bits per heavy atom. The highest BCUT2D eigenvalue weighted by molar-refractivity contribution is 9.12. The van der Waals surface area contributed by atoms with E-state index in [4.69, 9.17) is 9.84 Å². The standard InChI is InChI=1S/C11H10Br2N2O6/c1-21-9-5(3-2-4-6(9)15(19)20)14-10(16)7(12)8(13)11(17)18/h2-4,7-8H,1H3,(H,14,16)(H,17,18)/t7-,8-/m1/s1. The van der Waals surface area contributed by atoms with E-state index < -0.39 is 26.5 Å². The molecule has 0 saturated heterocycles. The number of rotatable bonds is 6. The molecule has 21 heavy (non-hydrogen) atoms. The van der Waals surface area contributed by atoms with Gasteiger partial charge in [-0.25, -0.2) is 0 Å². The minimum absolute atomic E-state index is 0.0752. The minimum Gasteiger partial charge on any atom is -0.489 e. The number of ether oxygens (including phenoxy) is 1. The highest BCUT2D eigenvalue weighted by Gasteiger charge is 2.30. The number of hydrogen-bond acceptors (Lipinski definition) is 5. The van der Waals surface area contributed by atoms with Crippen molar-refractivity contribution in [1.29, 1.82) is 0 Å². The smallest absolute Gasteiger partial charge is 0.318 e. The van der Waals surface area contributed by atoms with Crippen LogP contribution in [-0.2, 0) is 9.59 Å². The average Bonchev–Trinajstić information content (AvgIpc) is 2.44. The van der Waals surface area contributed by atoms with Crippen LogP contribution in [0.15, 0.2) is 18.2 Å². The molecule has 1 amide bonds. The van der Waals surface area contributed by atoms with Crippen LogP contribution in [0.2, 0.25) is 0 Å². The fourth-order valence-corrected chi connectivity index (χ4v) is 2.02. The van der Waals surface area contributed by atoms with Gasteiger partial charge in [0.1, 0.15) is 9.65 Å². The number of carbonyl (C=O) groups is 2. The minimum atomic E-state index is -1.22. The molecule has 0 spiro atoms. The fraction of sp³-hybridized carbons (Fsp3) is 0.273. The first-order valence-electron chi connectivity index (χ1n) is 5.42. The topological polar surface area (TPSA) is 119 Å². The van der Waals surface area contributed by atoms with Crippen LogP contribution in [-0.4, -0.2) is 38.7 Å².